The molecule has 0 aliphatic heterocycles. The first kappa shape index (κ1) is 21.4. The summed E-state index contributed by atoms with van der Waals surface area (Å²) in [5.41, 5.74) is 1.14. The molecular formula is C25H27NO4S. The van der Waals surface area contributed by atoms with Gasteiger partial charge in [0.15, 0.2) is 11.5 Å². The summed E-state index contributed by atoms with van der Waals surface area (Å²) in [6, 6.07) is 18.3. The van der Waals surface area contributed by atoms with Gasteiger partial charge in [-0.25, -0.2) is 0 Å². The molecule has 0 amide bonds. The fourth-order valence-corrected chi connectivity index (χ4v) is 4.59. The Bertz CT molecular complexity index is 1160. The number of methoxy groups -OCH3 is 2. The Hall–Kier alpha value is -2.80. The van der Waals surface area contributed by atoms with Crippen LogP contribution in [0.25, 0.3) is 20.9 Å². The number of ether oxygens (including phenoxy) is 3. The van der Waals surface area contributed by atoms with Crippen molar-refractivity contribution in [2.75, 3.05) is 33.9 Å². The number of aliphatic hydroxyl groups is 1. The molecule has 162 valence electrons. The molecule has 6 heteroatoms. The molecule has 1 heterocycles. The summed E-state index contributed by atoms with van der Waals surface area (Å²) in [5.74, 6) is 2.26. The summed E-state index contributed by atoms with van der Waals surface area (Å²) in [5, 5.41) is 19.2. The maximum absolute atomic E-state index is 10.4. The highest BCUT2D eigenvalue weighted by molar-refractivity contribution is 7.18. The SMILES string of the molecule is COc1ccc(CCNC[C@H](O)COc2cc3ccsc3c3ccccc23)cc1OC. The van der Waals surface area contributed by atoms with Gasteiger partial charge in [0, 0.05) is 22.0 Å². The van der Waals surface area contributed by atoms with Gasteiger partial charge in [-0.2, -0.15) is 0 Å². The third-order valence-electron chi connectivity index (χ3n) is 5.27. The van der Waals surface area contributed by atoms with Crippen LogP contribution < -0.4 is 19.5 Å². The Balaban J connectivity index is 1.29. The van der Waals surface area contributed by atoms with Crippen LogP contribution >= 0.6 is 11.3 Å². The summed E-state index contributed by atoms with van der Waals surface area (Å²) in [6.07, 6.45) is 0.232. The van der Waals surface area contributed by atoms with E-state index in [1.165, 1.54) is 15.5 Å². The smallest absolute Gasteiger partial charge is 0.160 e. The standard InChI is InChI=1S/C25H27NO4S/c1-28-22-8-7-17(13-24(22)29-2)9-11-26-15-19(27)16-30-23-14-18-10-12-31-25(18)21-6-4-3-5-20(21)23/h3-8,10,12-14,19,26-27H,9,11,15-16H2,1-2H3/t19-/m0/s1. The Labute approximate surface area is 186 Å². The molecule has 4 aromatic rings. The van der Waals surface area contributed by atoms with Gasteiger partial charge in [-0.3, -0.25) is 0 Å². The predicted octanol–water partition coefficient (Wildman–Crippen LogP) is 4.64. The number of fused-ring (bicyclic) bond motifs is 3. The lowest BCUT2D eigenvalue weighted by Gasteiger charge is -2.15. The lowest BCUT2D eigenvalue weighted by Crippen LogP contribution is -2.32. The van der Waals surface area contributed by atoms with Crippen molar-refractivity contribution in [1.82, 2.24) is 5.32 Å². The zero-order valence-electron chi connectivity index (χ0n) is 17.8. The summed E-state index contributed by atoms with van der Waals surface area (Å²) in [7, 11) is 3.26. The van der Waals surface area contributed by atoms with E-state index in [1.807, 2.05) is 30.3 Å². The molecule has 0 unspecified atom stereocenters. The van der Waals surface area contributed by atoms with Gasteiger partial charge in [-0.05, 0) is 53.6 Å². The minimum Gasteiger partial charge on any atom is -0.493 e. The van der Waals surface area contributed by atoms with Crippen LogP contribution in [0.3, 0.4) is 0 Å². The van der Waals surface area contributed by atoms with Crippen LogP contribution in [0.2, 0.25) is 0 Å². The first-order valence-electron chi connectivity index (χ1n) is 10.3. The van der Waals surface area contributed by atoms with Crippen molar-refractivity contribution in [3.63, 3.8) is 0 Å². The molecule has 0 fully saturated rings. The maximum atomic E-state index is 10.4. The van der Waals surface area contributed by atoms with Crippen molar-refractivity contribution in [2.24, 2.45) is 0 Å². The van der Waals surface area contributed by atoms with Crippen molar-refractivity contribution < 1.29 is 19.3 Å². The second-order valence-corrected chi connectivity index (χ2v) is 8.28. The molecule has 0 spiro atoms. The number of thiophene rings is 1. The van der Waals surface area contributed by atoms with E-state index >= 15 is 0 Å². The lowest BCUT2D eigenvalue weighted by atomic mass is 10.1. The van der Waals surface area contributed by atoms with E-state index < -0.39 is 6.10 Å². The quantitative estimate of drug-likeness (QED) is 0.354. The summed E-state index contributed by atoms with van der Waals surface area (Å²) in [6.45, 7) is 1.45. The van der Waals surface area contributed by atoms with Gasteiger partial charge in [0.05, 0.1) is 14.2 Å². The van der Waals surface area contributed by atoms with Crippen LogP contribution in [0.5, 0.6) is 17.2 Å². The van der Waals surface area contributed by atoms with Gasteiger partial charge in [0.25, 0.3) is 0 Å². The maximum Gasteiger partial charge on any atom is 0.160 e. The summed E-state index contributed by atoms with van der Waals surface area (Å²) >= 11 is 1.74. The van der Waals surface area contributed by atoms with Crippen molar-refractivity contribution in [1.29, 1.82) is 0 Å². The third-order valence-corrected chi connectivity index (χ3v) is 6.23. The summed E-state index contributed by atoms with van der Waals surface area (Å²) in [4.78, 5) is 0. The molecule has 0 radical (unpaired) electrons. The van der Waals surface area contributed by atoms with E-state index in [9.17, 15) is 5.11 Å². The van der Waals surface area contributed by atoms with Crippen molar-refractivity contribution >= 4 is 32.2 Å². The van der Waals surface area contributed by atoms with E-state index in [4.69, 9.17) is 14.2 Å². The second-order valence-electron chi connectivity index (χ2n) is 7.37. The number of hydrogen-bond donors (Lipinski definition) is 2. The Morgan fingerprint density at radius 3 is 2.55 bits per heavy atom. The molecule has 0 saturated carbocycles. The zero-order valence-corrected chi connectivity index (χ0v) is 18.6. The second kappa shape index (κ2) is 10.0. The minimum absolute atomic E-state index is 0.239. The monoisotopic (exact) mass is 437 g/mol. The molecule has 2 N–H and O–H groups in total. The molecule has 31 heavy (non-hydrogen) atoms. The number of benzene rings is 3. The van der Waals surface area contributed by atoms with E-state index in [0.717, 1.165) is 41.2 Å². The van der Waals surface area contributed by atoms with Crippen LogP contribution in [0.4, 0.5) is 0 Å². The van der Waals surface area contributed by atoms with Gasteiger partial charge < -0.3 is 24.6 Å². The normalized spacial score (nSPS) is 12.2. The van der Waals surface area contributed by atoms with Gasteiger partial charge in [0.1, 0.15) is 18.5 Å². The van der Waals surface area contributed by atoms with Gasteiger partial charge in [-0.15, -0.1) is 11.3 Å². The van der Waals surface area contributed by atoms with Gasteiger partial charge in [-0.1, -0.05) is 30.3 Å². The Kier molecular flexibility index (Phi) is 6.92. The average Bonchev–Trinajstić information content (AvgIpc) is 3.29. The molecule has 0 aliphatic carbocycles. The molecule has 3 aromatic carbocycles. The number of nitrogens with one attached hydrogen (secondary N) is 1. The van der Waals surface area contributed by atoms with Crippen molar-refractivity contribution in [3.8, 4) is 17.2 Å². The number of rotatable bonds is 10. The fourth-order valence-electron chi connectivity index (χ4n) is 3.67. The van der Waals surface area contributed by atoms with Crippen LogP contribution in [0.15, 0.2) is 60.0 Å². The molecule has 0 aliphatic rings. The van der Waals surface area contributed by atoms with E-state index in [2.05, 4.69) is 35.0 Å². The highest BCUT2D eigenvalue weighted by Crippen LogP contribution is 2.36. The Morgan fingerprint density at radius 2 is 1.74 bits per heavy atom. The molecule has 1 atom stereocenters. The number of aliphatic hydroxyl groups excluding tert-OH is 1. The molecule has 0 bridgehead atoms. The lowest BCUT2D eigenvalue weighted by molar-refractivity contribution is 0.107. The highest BCUT2D eigenvalue weighted by atomic mass is 32.1. The average molecular weight is 438 g/mol. The minimum atomic E-state index is -0.595. The number of hydrogen-bond acceptors (Lipinski definition) is 6. The highest BCUT2D eigenvalue weighted by Gasteiger charge is 2.11. The first-order valence-corrected chi connectivity index (χ1v) is 11.2. The Morgan fingerprint density at radius 1 is 0.935 bits per heavy atom. The predicted molar refractivity (Wildman–Crippen MR) is 127 cm³/mol. The molecule has 4 rings (SSSR count). The van der Waals surface area contributed by atoms with Crippen LogP contribution in [-0.4, -0.2) is 45.1 Å². The molecule has 0 saturated heterocycles. The van der Waals surface area contributed by atoms with E-state index in [0.29, 0.717) is 6.54 Å². The van der Waals surface area contributed by atoms with Crippen LogP contribution in [-0.2, 0) is 6.42 Å². The van der Waals surface area contributed by atoms with Crippen molar-refractivity contribution in [2.45, 2.75) is 12.5 Å². The summed E-state index contributed by atoms with van der Waals surface area (Å²) < 4.78 is 17.9. The van der Waals surface area contributed by atoms with Crippen LogP contribution in [0, 0.1) is 0 Å². The molecule has 1 aromatic heterocycles. The fraction of sp³-hybridized carbons (Fsp3) is 0.280. The molecule has 5 nitrogen and oxygen atoms in total. The van der Waals surface area contributed by atoms with E-state index in [1.54, 1.807) is 25.6 Å². The van der Waals surface area contributed by atoms with Crippen LogP contribution in [0.1, 0.15) is 5.56 Å². The largest absolute Gasteiger partial charge is 0.493 e. The van der Waals surface area contributed by atoms with Crippen molar-refractivity contribution in [3.05, 3.63) is 65.5 Å². The third kappa shape index (κ3) is 4.93. The zero-order chi connectivity index (χ0) is 21.6. The van der Waals surface area contributed by atoms with E-state index in [-0.39, 0.29) is 6.61 Å². The first-order chi connectivity index (χ1) is 15.2. The van der Waals surface area contributed by atoms with Gasteiger partial charge in [0.2, 0.25) is 0 Å². The molecular weight excluding hydrogens is 410 g/mol. The van der Waals surface area contributed by atoms with Gasteiger partial charge >= 0.3 is 0 Å². The topological polar surface area (TPSA) is 60.0 Å².